The molecule has 0 spiro atoms. The van der Waals surface area contributed by atoms with Gasteiger partial charge in [-0.1, -0.05) is 15.9 Å². The molecule has 0 bridgehead atoms. The van der Waals surface area contributed by atoms with E-state index in [1.165, 1.54) is 24.5 Å². The molecule has 0 saturated carbocycles. The summed E-state index contributed by atoms with van der Waals surface area (Å²) in [6.45, 7) is -0.470. The zero-order chi connectivity index (χ0) is 23.6. The maximum Gasteiger partial charge on any atom is 0.341 e. The van der Waals surface area contributed by atoms with E-state index in [4.69, 9.17) is 9.84 Å². The van der Waals surface area contributed by atoms with Crippen molar-refractivity contribution in [1.29, 1.82) is 0 Å². The molecule has 1 aliphatic rings. The molecule has 2 aromatic carbocycles. The average molecular weight is 565 g/mol. The molecule has 12 heteroatoms. The molecular weight excluding hydrogens is 542 g/mol. The van der Waals surface area contributed by atoms with Crippen LogP contribution in [0.2, 0.25) is 0 Å². The molecule has 2 aromatic rings. The molecule has 1 aliphatic carbocycles. The Balaban J connectivity index is 1.95. The largest absolute Gasteiger partial charge is 0.482 e. The molecule has 8 nitrogen and oxygen atoms in total. The number of halogens is 1. The summed E-state index contributed by atoms with van der Waals surface area (Å²) in [7, 11) is -6.83. The minimum atomic E-state index is -3.59. The van der Waals surface area contributed by atoms with Crippen LogP contribution in [0.5, 0.6) is 5.75 Å². The third-order valence-electron chi connectivity index (χ3n) is 4.93. The molecule has 0 radical (unpaired) electrons. The lowest BCUT2D eigenvalue weighted by atomic mass is 9.87. The Kier molecular flexibility index (Phi) is 7.92. The highest BCUT2D eigenvalue weighted by Crippen LogP contribution is 2.38. The van der Waals surface area contributed by atoms with Crippen LogP contribution in [0.15, 0.2) is 49.5 Å². The second kappa shape index (κ2) is 10.1. The van der Waals surface area contributed by atoms with E-state index in [0.717, 1.165) is 23.8 Å². The lowest BCUT2D eigenvalue weighted by molar-refractivity contribution is -0.139. The summed E-state index contributed by atoms with van der Waals surface area (Å²) in [4.78, 5) is 11.3. The normalized spacial score (nSPS) is 17.9. The zero-order valence-corrected chi connectivity index (χ0v) is 21.3. The summed E-state index contributed by atoms with van der Waals surface area (Å²) >= 11 is 3.41. The standard InChI is InChI=1S/C20H22BrNO7S3/c1-30(25)13-8-14(10-15(9-13)32(2,27)28)31(26)22-18-5-3-4-16-17(18)6-12(21)7-19(16)29-11-20(23)24/h6-10,18,22H,3-5,11H2,1-2H3,(H,23,24). The van der Waals surface area contributed by atoms with Crippen molar-refractivity contribution < 1.29 is 31.5 Å². The van der Waals surface area contributed by atoms with Gasteiger partial charge in [-0.15, -0.1) is 0 Å². The molecule has 0 saturated heterocycles. The number of nitrogens with one attached hydrogen (secondary N) is 1. The first-order valence-corrected chi connectivity index (χ1v) is 14.9. The van der Waals surface area contributed by atoms with Gasteiger partial charge >= 0.3 is 5.97 Å². The minimum absolute atomic E-state index is 0.0495. The van der Waals surface area contributed by atoms with E-state index >= 15 is 0 Å². The monoisotopic (exact) mass is 563 g/mol. The minimum Gasteiger partial charge on any atom is -0.482 e. The predicted molar refractivity (Wildman–Crippen MR) is 124 cm³/mol. The molecule has 0 amide bonds. The van der Waals surface area contributed by atoms with Crippen molar-refractivity contribution in [2.75, 3.05) is 19.1 Å². The summed E-state index contributed by atoms with van der Waals surface area (Å²) in [6, 6.07) is 7.36. The number of sulfone groups is 1. The van der Waals surface area contributed by atoms with E-state index in [9.17, 15) is 21.6 Å². The number of carboxylic acids is 1. The smallest absolute Gasteiger partial charge is 0.341 e. The van der Waals surface area contributed by atoms with E-state index < -0.39 is 44.2 Å². The van der Waals surface area contributed by atoms with E-state index in [-0.39, 0.29) is 20.7 Å². The number of ether oxygens (including phenoxy) is 1. The second-order valence-corrected chi connectivity index (χ2v) is 12.9. The van der Waals surface area contributed by atoms with E-state index in [1.807, 2.05) is 6.07 Å². The molecule has 3 atom stereocenters. The van der Waals surface area contributed by atoms with Gasteiger partial charge < -0.3 is 9.84 Å². The number of aliphatic carboxylic acids is 1. The van der Waals surface area contributed by atoms with E-state index in [2.05, 4.69) is 20.7 Å². The lowest BCUT2D eigenvalue weighted by Gasteiger charge is -2.28. The van der Waals surface area contributed by atoms with Crippen LogP contribution in [0.25, 0.3) is 0 Å². The Morgan fingerprint density at radius 2 is 1.91 bits per heavy atom. The van der Waals surface area contributed by atoms with E-state index in [1.54, 1.807) is 6.07 Å². The first-order valence-electron chi connectivity index (χ1n) is 9.49. The molecule has 174 valence electrons. The third-order valence-corrected chi connectivity index (χ3v) is 8.54. The number of rotatable bonds is 8. The van der Waals surface area contributed by atoms with Gasteiger partial charge in [0.25, 0.3) is 0 Å². The number of hydrogen-bond acceptors (Lipinski definition) is 6. The highest BCUT2D eigenvalue weighted by Gasteiger charge is 2.26. The van der Waals surface area contributed by atoms with Crippen molar-refractivity contribution in [3.05, 3.63) is 45.9 Å². The van der Waals surface area contributed by atoms with Gasteiger partial charge in [0.2, 0.25) is 0 Å². The van der Waals surface area contributed by atoms with Crippen LogP contribution >= 0.6 is 15.9 Å². The van der Waals surface area contributed by atoms with Gasteiger partial charge in [0, 0.05) is 38.7 Å². The zero-order valence-electron chi connectivity index (χ0n) is 17.3. The van der Waals surface area contributed by atoms with Gasteiger partial charge in [0.1, 0.15) is 16.7 Å². The fourth-order valence-electron chi connectivity index (χ4n) is 3.47. The second-order valence-electron chi connectivity index (χ2n) is 7.35. The molecule has 3 rings (SSSR count). The highest BCUT2D eigenvalue weighted by atomic mass is 79.9. The first kappa shape index (κ1) is 25.0. The summed E-state index contributed by atoms with van der Waals surface area (Å²) in [5.74, 6) is -0.628. The van der Waals surface area contributed by atoms with Crippen molar-refractivity contribution in [3.63, 3.8) is 0 Å². The Morgan fingerprint density at radius 3 is 2.53 bits per heavy atom. The molecule has 0 aromatic heterocycles. The molecule has 2 N–H and O–H groups in total. The maximum absolute atomic E-state index is 13.1. The number of benzene rings is 2. The van der Waals surface area contributed by atoms with Crippen LogP contribution in [0, 0.1) is 0 Å². The van der Waals surface area contributed by atoms with Gasteiger partial charge in [-0.25, -0.2) is 22.1 Å². The van der Waals surface area contributed by atoms with Crippen LogP contribution in [0.1, 0.15) is 30.0 Å². The highest BCUT2D eigenvalue weighted by molar-refractivity contribution is 9.10. The number of hydrogen-bond donors (Lipinski definition) is 2. The van der Waals surface area contributed by atoms with Crippen molar-refractivity contribution in [2.45, 2.75) is 40.0 Å². The molecule has 3 unspecified atom stereocenters. The topological polar surface area (TPSA) is 127 Å². The summed E-state index contributed by atoms with van der Waals surface area (Å²) in [5, 5.41) is 8.93. The fraction of sp³-hybridized carbons (Fsp3) is 0.350. The van der Waals surface area contributed by atoms with Crippen LogP contribution in [-0.2, 0) is 42.8 Å². The molecule has 0 heterocycles. The van der Waals surface area contributed by atoms with E-state index in [0.29, 0.717) is 23.1 Å². The Bertz CT molecular complexity index is 1210. The quantitative estimate of drug-likeness (QED) is 0.505. The summed E-state index contributed by atoms with van der Waals surface area (Å²) < 4.78 is 58.4. The van der Waals surface area contributed by atoms with Crippen molar-refractivity contribution >= 4 is 53.5 Å². The van der Waals surface area contributed by atoms with Gasteiger partial charge in [-0.05, 0) is 60.7 Å². The van der Waals surface area contributed by atoms with Crippen LogP contribution < -0.4 is 9.46 Å². The van der Waals surface area contributed by atoms with Crippen molar-refractivity contribution in [2.24, 2.45) is 0 Å². The number of fused-ring (bicyclic) bond motifs is 1. The molecular formula is C20H22BrNO7S3. The Morgan fingerprint density at radius 1 is 1.22 bits per heavy atom. The summed E-state index contributed by atoms with van der Waals surface area (Å²) in [5.41, 5.74) is 1.67. The van der Waals surface area contributed by atoms with Gasteiger partial charge in [-0.2, -0.15) is 0 Å². The lowest BCUT2D eigenvalue weighted by Crippen LogP contribution is -2.28. The van der Waals surface area contributed by atoms with Gasteiger partial charge in [-0.3, -0.25) is 4.21 Å². The van der Waals surface area contributed by atoms with Gasteiger partial charge in [0.15, 0.2) is 16.4 Å². The average Bonchev–Trinajstić information content (AvgIpc) is 2.71. The molecule has 0 fully saturated rings. The third kappa shape index (κ3) is 6.04. The van der Waals surface area contributed by atoms with Crippen molar-refractivity contribution in [3.8, 4) is 5.75 Å². The number of carbonyl (C=O) groups is 1. The fourth-order valence-corrected chi connectivity index (χ4v) is 6.52. The van der Waals surface area contributed by atoms with Crippen LogP contribution in [0.4, 0.5) is 0 Å². The van der Waals surface area contributed by atoms with Gasteiger partial charge in [0.05, 0.1) is 9.79 Å². The first-order chi connectivity index (χ1) is 15.0. The predicted octanol–water partition coefficient (Wildman–Crippen LogP) is 2.74. The number of carboxylic acid groups (broad SMARTS) is 1. The maximum atomic E-state index is 13.1. The van der Waals surface area contributed by atoms with Crippen LogP contribution in [0.3, 0.4) is 0 Å². The molecule has 0 aliphatic heterocycles. The Hall–Kier alpha value is -1.60. The van der Waals surface area contributed by atoms with Crippen LogP contribution in [-0.4, -0.2) is 47.0 Å². The van der Waals surface area contributed by atoms with Crippen molar-refractivity contribution in [1.82, 2.24) is 4.72 Å². The summed E-state index contributed by atoms with van der Waals surface area (Å²) in [6.07, 6.45) is 4.59. The Labute approximate surface area is 199 Å². The molecule has 32 heavy (non-hydrogen) atoms. The SMILES string of the molecule is CS(=O)c1cc(S(=O)NC2CCCc3c(OCC(=O)O)cc(Br)cc32)cc(S(C)(=O)=O)c1.